The van der Waals surface area contributed by atoms with E-state index < -0.39 is 0 Å². The van der Waals surface area contributed by atoms with Gasteiger partial charge < -0.3 is 14.4 Å². The minimum absolute atomic E-state index is 0.345. The summed E-state index contributed by atoms with van der Waals surface area (Å²) in [5.41, 5.74) is 0.501. The first-order chi connectivity index (χ1) is 9.81. The lowest BCUT2D eigenvalue weighted by molar-refractivity contribution is -0.899. The Bertz CT molecular complexity index is 425. The van der Waals surface area contributed by atoms with Crippen molar-refractivity contribution in [3.8, 4) is 5.75 Å². The van der Waals surface area contributed by atoms with Crippen LogP contribution in [0.1, 0.15) is 36.0 Å². The molecule has 110 valence electrons. The van der Waals surface area contributed by atoms with Crippen LogP contribution in [0.15, 0.2) is 24.3 Å². The van der Waals surface area contributed by atoms with Gasteiger partial charge in [-0.1, -0.05) is 12.1 Å². The Morgan fingerprint density at radius 1 is 1.15 bits per heavy atom. The molecular weight excluding hydrogens is 254 g/mol. The zero-order valence-electron chi connectivity index (χ0n) is 12.2. The number of ether oxygens (including phenoxy) is 2. The summed E-state index contributed by atoms with van der Waals surface area (Å²) in [7, 11) is 1.39. The van der Waals surface area contributed by atoms with Crippen molar-refractivity contribution >= 4 is 5.97 Å². The lowest BCUT2D eigenvalue weighted by atomic mass is 10.2. The van der Waals surface area contributed by atoms with Crippen LogP contribution in [-0.2, 0) is 4.74 Å². The maximum absolute atomic E-state index is 11.6. The Morgan fingerprint density at radius 2 is 1.85 bits per heavy atom. The van der Waals surface area contributed by atoms with Crippen LogP contribution in [0.3, 0.4) is 0 Å². The zero-order valence-corrected chi connectivity index (χ0v) is 12.2. The van der Waals surface area contributed by atoms with Gasteiger partial charge in [0.25, 0.3) is 0 Å². The maximum Gasteiger partial charge on any atom is 0.341 e. The summed E-state index contributed by atoms with van der Waals surface area (Å²) in [4.78, 5) is 13.2. The maximum atomic E-state index is 11.6. The summed E-state index contributed by atoms with van der Waals surface area (Å²) in [5, 5.41) is 0. The van der Waals surface area contributed by atoms with Crippen molar-refractivity contribution in [2.45, 2.75) is 25.7 Å². The fourth-order valence-corrected chi connectivity index (χ4v) is 2.65. The van der Waals surface area contributed by atoms with Crippen LogP contribution in [0.2, 0.25) is 0 Å². The molecule has 1 saturated heterocycles. The molecule has 0 aliphatic carbocycles. The molecule has 1 heterocycles. The largest absolute Gasteiger partial charge is 0.487 e. The topological polar surface area (TPSA) is 40.0 Å². The van der Waals surface area contributed by atoms with Gasteiger partial charge in [-0.25, -0.2) is 4.79 Å². The van der Waals surface area contributed by atoms with E-state index in [9.17, 15) is 4.79 Å². The van der Waals surface area contributed by atoms with Gasteiger partial charge in [-0.2, -0.15) is 0 Å². The number of carbonyl (C=O) groups is 1. The van der Waals surface area contributed by atoms with Gasteiger partial charge in [0, 0.05) is 0 Å². The molecule has 0 radical (unpaired) electrons. The SMILES string of the molecule is COC(=O)c1ccccc1OCC[NH+]1CCCCCC1. The second kappa shape index (κ2) is 7.90. The Kier molecular flexibility index (Phi) is 5.87. The summed E-state index contributed by atoms with van der Waals surface area (Å²) in [6, 6.07) is 7.25. The van der Waals surface area contributed by atoms with Crippen LogP contribution in [0.4, 0.5) is 0 Å². The van der Waals surface area contributed by atoms with E-state index in [0.29, 0.717) is 17.9 Å². The average molecular weight is 278 g/mol. The van der Waals surface area contributed by atoms with Gasteiger partial charge in [0.15, 0.2) is 0 Å². The van der Waals surface area contributed by atoms with Gasteiger partial charge in [0.1, 0.15) is 24.5 Å². The highest BCUT2D eigenvalue weighted by Gasteiger charge is 2.14. The molecule has 1 aromatic rings. The van der Waals surface area contributed by atoms with Crippen molar-refractivity contribution in [2.24, 2.45) is 0 Å². The minimum atomic E-state index is -0.345. The molecule has 1 aliphatic rings. The monoisotopic (exact) mass is 278 g/mol. The molecule has 0 unspecified atom stereocenters. The van der Waals surface area contributed by atoms with E-state index in [0.717, 1.165) is 6.54 Å². The lowest BCUT2D eigenvalue weighted by Crippen LogP contribution is -3.12. The van der Waals surface area contributed by atoms with Crippen LogP contribution >= 0.6 is 0 Å². The number of benzene rings is 1. The van der Waals surface area contributed by atoms with Crippen molar-refractivity contribution in [2.75, 3.05) is 33.4 Å². The number of quaternary nitrogens is 1. The van der Waals surface area contributed by atoms with E-state index in [1.807, 2.05) is 18.2 Å². The number of para-hydroxylation sites is 1. The average Bonchev–Trinajstić information content (AvgIpc) is 2.76. The third-order valence-electron chi connectivity index (χ3n) is 3.82. The Balaban J connectivity index is 1.85. The second-order valence-electron chi connectivity index (χ2n) is 5.25. The van der Waals surface area contributed by atoms with Gasteiger partial charge in [-0.15, -0.1) is 0 Å². The van der Waals surface area contributed by atoms with Gasteiger partial charge in [-0.3, -0.25) is 0 Å². The van der Waals surface area contributed by atoms with E-state index in [-0.39, 0.29) is 5.97 Å². The van der Waals surface area contributed by atoms with Crippen molar-refractivity contribution in [1.82, 2.24) is 0 Å². The standard InChI is InChI=1S/C16H23NO3/c1-19-16(18)14-8-4-5-9-15(14)20-13-12-17-10-6-2-3-7-11-17/h4-5,8-9H,2-3,6-7,10-13H2,1H3/p+1. The molecule has 0 atom stereocenters. The molecule has 0 spiro atoms. The third kappa shape index (κ3) is 4.23. The zero-order chi connectivity index (χ0) is 14.2. The highest BCUT2D eigenvalue weighted by molar-refractivity contribution is 5.92. The number of hydrogen-bond donors (Lipinski definition) is 1. The van der Waals surface area contributed by atoms with E-state index >= 15 is 0 Å². The van der Waals surface area contributed by atoms with Gasteiger partial charge in [0.2, 0.25) is 0 Å². The van der Waals surface area contributed by atoms with Crippen molar-refractivity contribution in [3.63, 3.8) is 0 Å². The van der Waals surface area contributed by atoms with E-state index in [4.69, 9.17) is 9.47 Å². The predicted octanol–water partition coefficient (Wildman–Crippen LogP) is 1.31. The van der Waals surface area contributed by atoms with Crippen molar-refractivity contribution < 1.29 is 19.2 Å². The first-order valence-corrected chi connectivity index (χ1v) is 7.45. The number of rotatable bonds is 5. The minimum Gasteiger partial charge on any atom is -0.487 e. The summed E-state index contributed by atoms with van der Waals surface area (Å²) < 4.78 is 10.5. The summed E-state index contributed by atoms with van der Waals surface area (Å²) >= 11 is 0. The quantitative estimate of drug-likeness (QED) is 0.826. The van der Waals surface area contributed by atoms with Crippen LogP contribution in [0, 0.1) is 0 Å². The molecule has 1 fully saturated rings. The molecule has 0 aromatic heterocycles. The molecular formula is C16H24NO3+. The number of methoxy groups -OCH3 is 1. The second-order valence-corrected chi connectivity index (χ2v) is 5.25. The molecule has 2 rings (SSSR count). The molecule has 0 amide bonds. The summed E-state index contributed by atoms with van der Waals surface area (Å²) in [6.45, 7) is 4.11. The van der Waals surface area contributed by atoms with E-state index in [1.54, 1.807) is 11.0 Å². The summed E-state index contributed by atoms with van der Waals surface area (Å²) in [6.07, 6.45) is 5.34. The third-order valence-corrected chi connectivity index (χ3v) is 3.82. The molecule has 4 heteroatoms. The van der Waals surface area contributed by atoms with Gasteiger partial charge in [-0.05, 0) is 37.8 Å². The molecule has 1 N–H and O–H groups in total. The van der Waals surface area contributed by atoms with Crippen LogP contribution in [0.25, 0.3) is 0 Å². The number of nitrogens with one attached hydrogen (secondary N) is 1. The van der Waals surface area contributed by atoms with E-state index in [1.165, 1.54) is 45.9 Å². The summed E-state index contributed by atoms with van der Waals surface area (Å²) in [5.74, 6) is 0.274. The molecule has 1 aromatic carbocycles. The van der Waals surface area contributed by atoms with Crippen molar-refractivity contribution in [3.05, 3.63) is 29.8 Å². The number of esters is 1. The normalized spacial score (nSPS) is 16.4. The smallest absolute Gasteiger partial charge is 0.341 e. The number of carbonyl (C=O) groups excluding carboxylic acids is 1. The first kappa shape index (κ1) is 14.9. The van der Waals surface area contributed by atoms with Gasteiger partial charge in [0.05, 0.1) is 20.2 Å². The molecule has 4 nitrogen and oxygen atoms in total. The van der Waals surface area contributed by atoms with E-state index in [2.05, 4.69) is 0 Å². The highest BCUT2D eigenvalue weighted by atomic mass is 16.5. The van der Waals surface area contributed by atoms with Crippen LogP contribution in [-0.4, -0.2) is 39.3 Å². The Morgan fingerprint density at radius 3 is 2.55 bits per heavy atom. The van der Waals surface area contributed by atoms with Crippen molar-refractivity contribution in [1.29, 1.82) is 0 Å². The molecule has 0 bridgehead atoms. The fourth-order valence-electron chi connectivity index (χ4n) is 2.65. The lowest BCUT2D eigenvalue weighted by Gasteiger charge is -2.17. The molecule has 20 heavy (non-hydrogen) atoms. The number of likely N-dealkylation sites (tertiary alicyclic amines) is 1. The van der Waals surface area contributed by atoms with Crippen LogP contribution in [0.5, 0.6) is 5.75 Å². The Hall–Kier alpha value is -1.55. The molecule has 1 aliphatic heterocycles. The Labute approximate surface area is 120 Å². The molecule has 0 saturated carbocycles. The van der Waals surface area contributed by atoms with Gasteiger partial charge >= 0.3 is 5.97 Å². The highest BCUT2D eigenvalue weighted by Crippen LogP contribution is 2.18. The predicted molar refractivity (Wildman–Crippen MR) is 77.3 cm³/mol. The first-order valence-electron chi connectivity index (χ1n) is 7.45. The number of hydrogen-bond acceptors (Lipinski definition) is 3. The van der Waals surface area contributed by atoms with Crippen LogP contribution < -0.4 is 9.64 Å². The fraction of sp³-hybridized carbons (Fsp3) is 0.562.